The van der Waals surface area contributed by atoms with Crippen molar-refractivity contribution in [3.8, 4) is 0 Å². The molecule has 0 bridgehead atoms. The molecule has 7 heteroatoms. The molecule has 20 heavy (non-hydrogen) atoms. The second kappa shape index (κ2) is 5.16. The van der Waals surface area contributed by atoms with Crippen molar-refractivity contribution in [2.45, 2.75) is 0 Å². The number of barbiturate groups is 1. The first-order valence-electron chi connectivity index (χ1n) is 5.59. The van der Waals surface area contributed by atoms with Crippen LogP contribution < -0.4 is 0 Å². The molecule has 1 saturated heterocycles. The zero-order valence-corrected chi connectivity index (χ0v) is 12.3. The van der Waals surface area contributed by atoms with Crippen molar-refractivity contribution in [2.75, 3.05) is 14.1 Å². The Morgan fingerprint density at radius 3 is 2.15 bits per heavy atom. The quantitative estimate of drug-likeness (QED) is 0.580. The van der Waals surface area contributed by atoms with E-state index in [9.17, 15) is 18.8 Å². The van der Waals surface area contributed by atoms with Crippen LogP contribution in [0.15, 0.2) is 28.2 Å². The van der Waals surface area contributed by atoms with Crippen molar-refractivity contribution in [1.29, 1.82) is 0 Å². The smallest absolute Gasteiger partial charge is 0.268 e. The number of nitrogens with zero attached hydrogens (tertiary/aromatic N) is 2. The van der Waals surface area contributed by atoms with E-state index in [2.05, 4.69) is 15.9 Å². The van der Waals surface area contributed by atoms with E-state index in [0.717, 1.165) is 9.80 Å². The number of rotatable bonds is 1. The van der Waals surface area contributed by atoms with Gasteiger partial charge in [-0.05, 0) is 39.7 Å². The summed E-state index contributed by atoms with van der Waals surface area (Å²) in [5.74, 6) is -1.81. The maximum Gasteiger partial charge on any atom is 0.333 e. The van der Waals surface area contributed by atoms with E-state index in [1.807, 2.05) is 0 Å². The van der Waals surface area contributed by atoms with Gasteiger partial charge in [0.15, 0.2) is 0 Å². The number of carbonyl (C=O) groups is 3. The summed E-state index contributed by atoms with van der Waals surface area (Å²) in [5, 5.41) is 0. The summed E-state index contributed by atoms with van der Waals surface area (Å²) < 4.78 is 13.4. The third kappa shape index (κ3) is 2.36. The van der Waals surface area contributed by atoms with Gasteiger partial charge in [0, 0.05) is 14.1 Å². The van der Waals surface area contributed by atoms with Crippen LogP contribution >= 0.6 is 15.9 Å². The van der Waals surface area contributed by atoms with Crippen molar-refractivity contribution in [2.24, 2.45) is 0 Å². The maximum atomic E-state index is 13.1. The maximum absolute atomic E-state index is 13.1. The van der Waals surface area contributed by atoms with Crippen LogP contribution in [0, 0.1) is 5.82 Å². The molecule has 1 aliphatic heterocycles. The van der Waals surface area contributed by atoms with Crippen molar-refractivity contribution in [3.63, 3.8) is 0 Å². The van der Waals surface area contributed by atoms with Gasteiger partial charge >= 0.3 is 6.03 Å². The zero-order chi connectivity index (χ0) is 15.0. The molecule has 4 amide bonds. The Labute approximate surface area is 122 Å². The molecule has 0 atom stereocenters. The third-order valence-electron chi connectivity index (χ3n) is 2.90. The Bertz CT molecular complexity index is 631. The molecule has 0 unspecified atom stereocenters. The second-order valence-corrected chi connectivity index (χ2v) is 5.10. The Balaban J connectivity index is 2.46. The van der Waals surface area contributed by atoms with E-state index < -0.39 is 23.7 Å². The lowest BCUT2D eigenvalue weighted by Gasteiger charge is -2.28. The SMILES string of the molecule is CN1C(=O)C(=Cc2ccc(F)c(Br)c2)C(=O)N(C)C1=O. The summed E-state index contributed by atoms with van der Waals surface area (Å²) in [6, 6.07) is 3.41. The summed E-state index contributed by atoms with van der Waals surface area (Å²) in [5.41, 5.74) is 0.333. The Hall–Kier alpha value is -2.02. The van der Waals surface area contributed by atoms with Crippen molar-refractivity contribution < 1.29 is 18.8 Å². The number of likely N-dealkylation sites (N-methyl/N-ethyl adjacent to an activating group) is 2. The number of hydrogen-bond donors (Lipinski definition) is 0. The number of hydrogen-bond acceptors (Lipinski definition) is 3. The number of benzene rings is 1. The van der Waals surface area contributed by atoms with E-state index in [-0.39, 0.29) is 10.0 Å². The predicted octanol–water partition coefficient (Wildman–Crippen LogP) is 2.02. The minimum Gasteiger partial charge on any atom is -0.268 e. The molecule has 1 heterocycles. The summed E-state index contributed by atoms with van der Waals surface area (Å²) in [7, 11) is 2.59. The van der Waals surface area contributed by atoms with E-state index >= 15 is 0 Å². The number of halogens is 2. The molecule has 0 N–H and O–H groups in total. The summed E-state index contributed by atoms with van der Waals surface area (Å²) >= 11 is 3.03. The molecule has 1 fully saturated rings. The molecule has 0 aromatic heterocycles. The lowest BCUT2D eigenvalue weighted by molar-refractivity contribution is -0.134. The lowest BCUT2D eigenvalue weighted by Crippen LogP contribution is -2.52. The highest BCUT2D eigenvalue weighted by molar-refractivity contribution is 9.10. The average molecular weight is 341 g/mol. The highest BCUT2D eigenvalue weighted by atomic mass is 79.9. The minimum absolute atomic E-state index is 0.145. The molecule has 0 saturated carbocycles. The fourth-order valence-corrected chi connectivity index (χ4v) is 2.14. The van der Waals surface area contributed by atoms with Gasteiger partial charge in [0.05, 0.1) is 4.47 Å². The Kier molecular flexibility index (Phi) is 3.71. The van der Waals surface area contributed by atoms with Gasteiger partial charge in [0.25, 0.3) is 11.8 Å². The summed E-state index contributed by atoms with van der Waals surface area (Å²) in [4.78, 5) is 37.2. The van der Waals surface area contributed by atoms with Crippen LogP contribution in [-0.4, -0.2) is 41.7 Å². The normalized spacial score (nSPS) is 16.0. The molecule has 1 aromatic carbocycles. The predicted molar refractivity (Wildman–Crippen MR) is 73.0 cm³/mol. The van der Waals surface area contributed by atoms with Crippen LogP contribution in [0.4, 0.5) is 9.18 Å². The van der Waals surface area contributed by atoms with Crippen LogP contribution in [0.5, 0.6) is 0 Å². The molecule has 1 aromatic rings. The van der Waals surface area contributed by atoms with Crippen LogP contribution in [0.2, 0.25) is 0 Å². The Morgan fingerprint density at radius 2 is 1.65 bits per heavy atom. The van der Waals surface area contributed by atoms with Crippen LogP contribution in [0.3, 0.4) is 0 Å². The van der Waals surface area contributed by atoms with Gasteiger partial charge in [-0.15, -0.1) is 0 Å². The van der Waals surface area contributed by atoms with Gasteiger partial charge in [-0.3, -0.25) is 19.4 Å². The number of imide groups is 2. The molecule has 1 aliphatic rings. The number of carbonyl (C=O) groups excluding carboxylic acids is 3. The molecule has 0 spiro atoms. The van der Waals surface area contributed by atoms with Gasteiger partial charge < -0.3 is 0 Å². The first-order chi connectivity index (χ1) is 9.32. The fraction of sp³-hybridized carbons (Fsp3) is 0.154. The number of urea groups is 1. The van der Waals surface area contributed by atoms with Crippen LogP contribution in [0.25, 0.3) is 6.08 Å². The molecular weight excluding hydrogens is 331 g/mol. The molecule has 104 valence electrons. The first kappa shape index (κ1) is 14.4. The van der Waals surface area contributed by atoms with Gasteiger partial charge in [0.1, 0.15) is 11.4 Å². The average Bonchev–Trinajstić information content (AvgIpc) is 2.43. The standard InChI is InChI=1S/C13H10BrFN2O3/c1-16-11(18)8(12(19)17(2)13(16)20)5-7-3-4-10(15)9(14)6-7/h3-6H,1-2H3. The van der Waals surface area contributed by atoms with Gasteiger partial charge in [-0.2, -0.15) is 0 Å². The molecular formula is C13H10BrFN2O3. The van der Waals surface area contributed by atoms with E-state index in [0.29, 0.717) is 5.56 Å². The molecule has 2 rings (SSSR count). The Morgan fingerprint density at radius 1 is 1.10 bits per heavy atom. The first-order valence-corrected chi connectivity index (χ1v) is 6.39. The van der Waals surface area contributed by atoms with E-state index in [1.165, 1.54) is 38.4 Å². The number of amides is 4. The monoisotopic (exact) mass is 340 g/mol. The highest BCUT2D eigenvalue weighted by Crippen LogP contribution is 2.21. The van der Waals surface area contributed by atoms with E-state index in [1.54, 1.807) is 0 Å². The summed E-state index contributed by atoms with van der Waals surface area (Å²) in [6.07, 6.45) is 1.33. The zero-order valence-electron chi connectivity index (χ0n) is 10.7. The fourth-order valence-electron chi connectivity index (χ4n) is 1.74. The topological polar surface area (TPSA) is 57.7 Å². The van der Waals surface area contributed by atoms with Crippen LogP contribution in [-0.2, 0) is 9.59 Å². The van der Waals surface area contributed by atoms with Crippen molar-refractivity contribution >= 4 is 39.9 Å². The second-order valence-electron chi connectivity index (χ2n) is 4.24. The van der Waals surface area contributed by atoms with Crippen molar-refractivity contribution in [3.05, 3.63) is 39.6 Å². The highest BCUT2D eigenvalue weighted by Gasteiger charge is 2.37. The molecule has 0 aliphatic carbocycles. The van der Waals surface area contributed by atoms with Crippen LogP contribution in [0.1, 0.15) is 5.56 Å². The van der Waals surface area contributed by atoms with Gasteiger partial charge in [0.2, 0.25) is 0 Å². The molecule has 0 radical (unpaired) electrons. The van der Waals surface area contributed by atoms with Crippen molar-refractivity contribution in [1.82, 2.24) is 9.80 Å². The largest absolute Gasteiger partial charge is 0.333 e. The van der Waals surface area contributed by atoms with Gasteiger partial charge in [-0.1, -0.05) is 6.07 Å². The molecule has 5 nitrogen and oxygen atoms in total. The minimum atomic E-state index is -0.683. The van der Waals surface area contributed by atoms with Gasteiger partial charge in [-0.25, -0.2) is 9.18 Å². The van der Waals surface area contributed by atoms with E-state index in [4.69, 9.17) is 0 Å². The third-order valence-corrected chi connectivity index (χ3v) is 3.51. The lowest BCUT2D eigenvalue weighted by atomic mass is 10.1. The summed E-state index contributed by atoms with van der Waals surface area (Å²) in [6.45, 7) is 0.